The average Bonchev–Trinajstić information content (AvgIpc) is 2.08. The van der Waals surface area contributed by atoms with Crippen LogP contribution >= 0.6 is 21.6 Å². The van der Waals surface area contributed by atoms with E-state index in [2.05, 4.69) is 11.1 Å². The van der Waals surface area contributed by atoms with Gasteiger partial charge >= 0.3 is 6.09 Å². The highest BCUT2D eigenvalue weighted by atomic mass is 35.5. The maximum atomic E-state index is 11.2. The van der Waals surface area contributed by atoms with Crippen LogP contribution in [0.3, 0.4) is 0 Å². The Labute approximate surface area is 112 Å². The lowest BCUT2D eigenvalue weighted by Crippen LogP contribution is -3.00. The molecule has 0 aromatic heterocycles. The maximum Gasteiger partial charge on any atom is 0.407 e. The minimum Gasteiger partial charge on any atom is -1.00 e. The molecule has 1 amide bonds. The second-order valence-corrected chi connectivity index (χ2v) is 6.63. The molecule has 0 unspecified atom stereocenters. The monoisotopic (exact) mass is 288 g/mol. The van der Waals surface area contributed by atoms with Crippen LogP contribution in [0, 0.1) is 0 Å². The predicted molar refractivity (Wildman–Crippen MR) is 66.9 cm³/mol. The topological polar surface area (TPSA) is 66.0 Å². The van der Waals surface area contributed by atoms with Crippen LogP contribution in [0.25, 0.3) is 0 Å². The Morgan fingerprint density at radius 3 is 2.38 bits per heavy atom. The van der Waals surface area contributed by atoms with E-state index in [4.69, 9.17) is 4.74 Å². The number of carbonyl (C=O) groups excluding carboxylic acids is 1. The Bertz CT molecular complexity index is 189. The number of hydrogen-bond donors (Lipinski definition) is 2. The SMILES string of the molecule is CC(C)(C)OC(=O)NCCSSCC[NH3+].[Cl-]. The minimum absolute atomic E-state index is 0. The normalized spacial score (nSPS) is 10.5. The second kappa shape index (κ2) is 10.4. The summed E-state index contributed by atoms with van der Waals surface area (Å²) < 4.78 is 5.09. The summed E-state index contributed by atoms with van der Waals surface area (Å²) >= 11 is 0. The van der Waals surface area contributed by atoms with Crippen molar-refractivity contribution in [3.63, 3.8) is 0 Å². The first-order chi connectivity index (χ1) is 6.95. The van der Waals surface area contributed by atoms with Crippen molar-refractivity contribution in [2.45, 2.75) is 26.4 Å². The van der Waals surface area contributed by atoms with E-state index >= 15 is 0 Å². The van der Waals surface area contributed by atoms with Crippen molar-refractivity contribution in [2.24, 2.45) is 0 Å². The molecule has 4 N–H and O–H groups in total. The maximum absolute atomic E-state index is 11.2. The molecule has 0 aliphatic heterocycles. The molecule has 0 spiro atoms. The fourth-order valence-electron chi connectivity index (χ4n) is 0.686. The van der Waals surface area contributed by atoms with E-state index in [1.807, 2.05) is 20.8 Å². The van der Waals surface area contributed by atoms with E-state index in [-0.39, 0.29) is 18.5 Å². The van der Waals surface area contributed by atoms with Crippen LogP contribution < -0.4 is 23.5 Å². The summed E-state index contributed by atoms with van der Waals surface area (Å²) in [6, 6.07) is 0. The van der Waals surface area contributed by atoms with Gasteiger partial charge in [-0.2, -0.15) is 0 Å². The van der Waals surface area contributed by atoms with Crippen molar-refractivity contribution in [1.82, 2.24) is 5.32 Å². The number of carbonyl (C=O) groups is 1. The third-order valence-corrected chi connectivity index (χ3v) is 3.66. The van der Waals surface area contributed by atoms with Crippen LogP contribution in [0.15, 0.2) is 0 Å². The van der Waals surface area contributed by atoms with Gasteiger partial charge in [0, 0.05) is 12.3 Å². The summed E-state index contributed by atoms with van der Waals surface area (Å²) in [5.41, 5.74) is 3.33. The number of quaternary nitrogens is 1. The van der Waals surface area contributed by atoms with E-state index < -0.39 is 5.60 Å². The van der Waals surface area contributed by atoms with Crippen molar-refractivity contribution in [1.29, 1.82) is 0 Å². The summed E-state index contributed by atoms with van der Waals surface area (Å²) in [6.07, 6.45) is -0.342. The fraction of sp³-hybridized carbons (Fsp3) is 0.889. The van der Waals surface area contributed by atoms with Gasteiger partial charge in [-0.15, -0.1) is 0 Å². The van der Waals surface area contributed by atoms with Gasteiger partial charge in [0.05, 0.1) is 12.3 Å². The van der Waals surface area contributed by atoms with Crippen molar-refractivity contribution < 1.29 is 27.7 Å². The Balaban J connectivity index is 0. The van der Waals surface area contributed by atoms with E-state index in [0.29, 0.717) is 6.54 Å². The van der Waals surface area contributed by atoms with Gasteiger partial charge < -0.3 is 28.2 Å². The zero-order valence-electron chi connectivity index (χ0n) is 10.0. The van der Waals surface area contributed by atoms with Crippen LogP contribution in [0.2, 0.25) is 0 Å². The smallest absolute Gasteiger partial charge is 0.407 e. The third kappa shape index (κ3) is 14.2. The molecule has 7 heteroatoms. The van der Waals surface area contributed by atoms with Gasteiger partial charge in [-0.25, -0.2) is 4.79 Å². The van der Waals surface area contributed by atoms with Crippen molar-refractivity contribution >= 4 is 27.7 Å². The summed E-state index contributed by atoms with van der Waals surface area (Å²) in [6.45, 7) is 7.14. The van der Waals surface area contributed by atoms with Gasteiger partial charge in [0.1, 0.15) is 5.60 Å². The van der Waals surface area contributed by atoms with Gasteiger partial charge in [-0.1, -0.05) is 21.6 Å². The van der Waals surface area contributed by atoms with Gasteiger partial charge in [-0.05, 0) is 20.8 Å². The number of hydrogen-bond acceptors (Lipinski definition) is 4. The molecule has 0 rings (SSSR count). The molecule has 0 aromatic rings. The lowest BCUT2D eigenvalue weighted by Gasteiger charge is -2.19. The molecule has 0 bridgehead atoms. The molecular formula is C9H21ClN2O2S2. The lowest BCUT2D eigenvalue weighted by molar-refractivity contribution is -0.360. The minimum atomic E-state index is -0.417. The first-order valence-electron chi connectivity index (χ1n) is 4.96. The Hall–Kier alpha value is 0.220. The molecule has 0 saturated heterocycles. The molecule has 0 heterocycles. The number of ether oxygens (including phenoxy) is 1. The van der Waals surface area contributed by atoms with Crippen LogP contribution in [0.1, 0.15) is 20.8 Å². The number of rotatable bonds is 6. The van der Waals surface area contributed by atoms with Crippen molar-refractivity contribution in [3.8, 4) is 0 Å². The Morgan fingerprint density at radius 1 is 1.31 bits per heavy atom. The summed E-state index contributed by atoms with van der Waals surface area (Å²) in [5.74, 6) is 1.95. The van der Waals surface area contributed by atoms with Crippen LogP contribution in [0.4, 0.5) is 4.79 Å². The molecule has 98 valence electrons. The van der Waals surface area contributed by atoms with Crippen LogP contribution in [-0.2, 0) is 4.74 Å². The second-order valence-electron chi connectivity index (χ2n) is 3.93. The number of nitrogens with one attached hydrogen (secondary N) is 1. The molecule has 0 atom stereocenters. The first kappa shape index (κ1) is 18.6. The van der Waals surface area contributed by atoms with Gasteiger partial charge in [0.2, 0.25) is 0 Å². The summed E-state index contributed by atoms with van der Waals surface area (Å²) in [4.78, 5) is 11.2. The Kier molecular flexibility index (Phi) is 12.1. The zero-order chi connectivity index (χ0) is 11.7. The molecule has 0 fully saturated rings. The van der Waals surface area contributed by atoms with Gasteiger partial charge in [-0.3, -0.25) is 0 Å². The van der Waals surface area contributed by atoms with E-state index in [9.17, 15) is 4.79 Å². The van der Waals surface area contributed by atoms with E-state index in [0.717, 1.165) is 18.1 Å². The highest BCUT2D eigenvalue weighted by molar-refractivity contribution is 8.76. The van der Waals surface area contributed by atoms with Crippen LogP contribution in [-0.4, -0.2) is 36.3 Å². The average molecular weight is 289 g/mol. The number of halogens is 1. The van der Waals surface area contributed by atoms with E-state index in [1.54, 1.807) is 21.6 Å². The molecule has 0 aromatic carbocycles. The zero-order valence-corrected chi connectivity index (χ0v) is 12.4. The fourth-order valence-corrected chi connectivity index (χ4v) is 2.54. The highest BCUT2D eigenvalue weighted by Crippen LogP contribution is 2.18. The van der Waals surface area contributed by atoms with E-state index in [1.165, 1.54) is 0 Å². The largest absolute Gasteiger partial charge is 1.00 e. The number of amides is 1. The van der Waals surface area contributed by atoms with Gasteiger partial charge in [0.25, 0.3) is 0 Å². The lowest BCUT2D eigenvalue weighted by atomic mass is 10.2. The van der Waals surface area contributed by atoms with Crippen molar-refractivity contribution in [2.75, 3.05) is 24.6 Å². The summed E-state index contributed by atoms with van der Waals surface area (Å²) in [7, 11) is 3.52. The number of alkyl carbamates (subject to hydrolysis) is 1. The molecule has 0 saturated carbocycles. The molecular weight excluding hydrogens is 268 g/mol. The van der Waals surface area contributed by atoms with Crippen molar-refractivity contribution in [3.05, 3.63) is 0 Å². The molecule has 16 heavy (non-hydrogen) atoms. The summed E-state index contributed by atoms with van der Waals surface area (Å²) in [5, 5.41) is 2.71. The van der Waals surface area contributed by atoms with Crippen LogP contribution in [0.5, 0.6) is 0 Å². The molecule has 4 nitrogen and oxygen atoms in total. The predicted octanol–water partition coefficient (Wildman–Crippen LogP) is -1.86. The highest BCUT2D eigenvalue weighted by Gasteiger charge is 2.15. The molecule has 0 aliphatic rings. The first-order valence-corrected chi connectivity index (χ1v) is 7.45. The standard InChI is InChI=1S/C9H20N2O2S2.ClH/c1-9(2,3)13-8(12)11-5-7-15-14-6-4-10;/h4-7,10H2,1-3H3,(H,11,12);1H. The Morgan fingerprint density at radius 2 is 1.88 bits per heavy atom. The van der Waals surface area contributed by atoms with Gasteiger partial charge in [0.15, 0.2) is 0 Å². The third-order valence-electron chi connectivity index (χ3n) is 1.16. The molecule has 0 aliphatic carbocycles. The molecule has 0 radical (unpaired) electrons. The quantitative estimate of drug-likeness (QED) is 0.444.